The second kappa shape index (κ2) is 11.1. The van der Waals surface area contributed by atoms with Crippen LogP contribution in [-0.4, -0.2) is 59.1 Å². The third-order valence-corrected chi connectivity index (χ3v) is 5.21. The molecule has 0 radical (unpaired) electrons. The molecule has 0 aromatic heterocycles. The lowest BCUT2D eigenvalue weighted by Crippen LogP contribution is -2.55. The van der Waals surface area contributed by atoms with Gasteiger partial charge in [0, 0.05) is 22.2 Å². The Bertz CT molecular complexity index is 822. The summed E-state index contributed by atoms with van der Waals surface area (Å²) in [5.41, 5.74) is 0.530. The molecule has 11 heteroatoms. The zero-order valence-electron chi connectivity index (χ0n) is 15.9. The summed E-state index contributed by atoms with van der Waals surface area (Å²) in [7, 11) is 0. The van der Waals surface area contributed by atoms with E-state index in [0.29, 0.717) is 34.9 Å². The number of nitrogens with zero attached hydrogens (tertiary/aromatic N) is 1. The van der Waals surface area contributed by atoms with Crippen LogP contribution in [0.15, 0.2) is 18.2 Å². The average molecular weight is 463 g/mol. The number of likely N-dealkylation sites (tertiary alicyclic amines) is 1. The topological polar surface area (TPSA) is 113 Å². The van der Waals surface area contributed by atoms with Gasteiger partial charge in [0.15, 0.2) is 5.78 Å². The van der Waals surface area contributed by atoms with Crippen molar-refractivity contribution in [1.82, 2.24) is 10.2 Å². The Morgan fingerprint density at radius 2 is 2.00 bits per heavy atom. The van der Waals surface area contributed by atoms with Crippen molar-refractivity contribution in [3.05, 3.63) is 33.8 Å². The lowest BCUT2D eigenvalue weighted by Gasteiger charge is -2.34. The van der Waals surface area contributed by atoms with E-state index in [-0.39, 0.29) is 13.2 Å². The number of piperidine rings is 1. The zero-order valence-corrected chi connectivity index (χ0v) is 17.4. The maximum atomic E-state index is 12.7. The third kappa shape index (κ3) is 6.56. The fourth-order valence-corrected chi connectivity index (χ4v) is 3.53. The summed E-state index contributed by atoms with van der Waals surface area (Å²) in [5.74, 6) is -3.14. The van der Waals surface area contributed by atoms with Gasteiger partial charge in [-0.25, -0.2) is 9.18 Å². The van der Waals surface area contributed by atoms with Gasteiger partial charge in [-0.3, -0.25) is 19.3 Å². The van der Waals surface area contributed by atoms with Crippen molar-refractivity contribution in [2.45, 2.75) is 44.4 Å². The van der Waals surface area contributed by atoms with Crippen LogP contribution in [0.4, 0.5) is 9.18 Å². The standard InChI is InChI=1S/C19H21Cl2FN2O6/c20-12-5-4-11(13(21)7-12)10-30-19(29)24-6-2-1-3-15(24)18(28)23-14(8-17(26)27)16(25)9-22/h4-5,7,14-15H,1-3,6,8-10H2,(H,23,28)(H,26,27). The predicted octanol–water partition coefficient (Wildman–Crippen LogP) is 2.98. The molecule has 2 amide bonds. The Morgan fingerprint density at radius 1 is 1.27 bits per heavy atom. The second-order valence-electron chi connectivity index (χ2n) is 6.75. The summed E-state index contributed by atoms with van der Waals surface area (Å²) >= 11 is 11.9. The Kier molecular flexibility index (Phi) is 8.86. The molecular formula is C19H21Cl2FN2O6. The minimum atomic E-state index is -1.51. The number of benzene rings is 1. The number of nitrogens with one attached hydrogen (secondary N) is 1. The maximum absolute atomic E-state index is 12.7. The number of alkyl halides is 1. The fraction of sp³-hybridized carbons (Fsp3) is 0.474. The zero-order chi connectivity index (χ0) is 22.3. The highest BCUT2D eigenvalue weighted by Crippen LogP contribution is 2.23. The number of halogens is 3. The molecule has 1 aliphatic rings. The van der Waals surface area contributed by atoms with Crippen LogP contribution in [0.3, 0.4) is 0 Å². The van der Waals surface area contributed by atoms with Gasteiger partial charge in [-0.2, -0.15) is 0 Å². The molecule has 1 aliphatic heterocycles. The summed E-state index contributed by atoms with van der Waals surface area (Å²) in [5, 5.41) is 11.9. The summed E-state index contributed by atoms with van der Waals surface area (Å²) < 4.78 is 18.0. The SMILES string of the molecule is O=C(O)CC(NC(=O)C1CCCCN1C(=O)OCc1ccc(Cl)cc1Cl)C(=O)CF. The molecule has 0 spiro atoms. The van der Waals surface area contributed by atoms with Crippen molar-refractivity contribution in [3.8, 4) is 0 Å². The number of carboxylic acids is 1. The summed E-state index contributed by atoms with van der Waals surface area (Å²) in [6.07, 6.45) is 0.0774. The van der Waals surface area contributed by atoms with Gasteiger partial charge in [0.1, 0.15) is 25.4 Å². The van der Waals surface area contributed by atoms with Crippen molar-refractivity contribution in [3.63, 3.8) is 0 Å². The number of ketones is 1. The Labute approximate surface area is 182 Å². The number of amides is 2. The molecule has 0 saturated carbocycles. The van der Waals surface area contributed by atoms with Crippen molar-refractivity contribution in [2.75, 3.05) is 13.2 Å². The van der Waals surface area contributed by atoms with E-state index >= 15 is 0 Å². The van der Waals surface area contributed by atoms with Crippen molar-refractivity contribution < 1.29 is 33.4 Å². The molecule has 1 aromatic rings. The van der Waals surface area contributed by atoms with E-state index in [1.54, 1.807) is 12.1 Å². The minimum absolute atomic E-state index is 0.137. The second-order valence-corrected chi connectivity index (χ2v) is 7.60. The molecule has 0 aliphatic carbocycles. The number of hydrogen-bond acceptors (Lipinski definition) is 5. The predicted molar refractivity (Wildman–Crippen MR) is 106 cm³/mol. The summed E-state index contributed by atoms with van der Waals surface area (Å²) in [6.45, 7) is -1.30. The fourth-order valence-electron chi connectivity index (χ4n) is 3.06. The first-order valence-electron chi connectivity index (χ1n) is 9.21. The van der Waals surface area contributed by atoms with Crippen molar-refractivity contribution >= 4 is 47.0 Å². The van der Waals surface area contributed by atoms with E-state index in [4.69, 9.17) is 33.0 Å². The molecule has 1 heterocycles. The van der Waals surface area contributed by atoms with Crippen LogP contribution in [0, 0.1) is 0 Å². The Hall–Kier alpha value is -2.39. The van der Waals surface area contributed by atoms with Gasteiger partial charge in [-0.05, 0) is 31.4 Å². The van der Waals surface area contributed by atoms with Crippen LogP contribution in [0.5, 0.6) is 0 Å². The Morgan fingerprint density at radius 3 is 2.63 bits per heavy atom. The monoisotopic (exact) mass is 462 g/mol. The van der Waals surface area contributed by atoms with E-state index in [9.17, 15) is 23.6 Å². The normalized spacial score (nSPS) is 17.2. The molecular weight excluding hydrogens is 442 g/mol. The van der Waals surface area contributed by atoms with Gasteiger partial charge >= 0.3 is 12.1 Å². The molecule has 164 valence electrons. The van der Waals surface area contributed by atoms with E-state index < -0.39 is 48.9 Å². The smallest absolute Gasteiger partial charge is 0.410 e. The van der Waals surface area contributed by atoms with Crippen molar-refractivity contribution in [2.24, 2.45) is 0 Å². The van der Waals surface area contributed by atoms with Gasteiger partial charge in [-0.1, -0.05) is 29.3 Å². The molecule has 2 unspecified atom stereocenters. The lowest BCUT2D eigenvalue weighted by molar-refractivity contribution is -0.140. The summed E-state index contributed by atoms with van der Waals surface area (Å²) in [4.78, 5) is 48.9. The largest absolute Gasteiger partial charge is 0.481 e. The van der Waals surface area contributed by atoms with E-state index in [2.05, 4.69) is 5.32 Å². The highest BCUT2D eigenvalue weighted by atomic mass is 35.5. The first-order chi connectivity index (χ1) is 14.2. The number of ether oxygens (including phenoxy) is 1. The number of aliphatic carboxylic acids is 1. The highest BCUT2D eigenvalue weighted by molar-refractivity contribution is 6.35. The number of Topliss-reactive ketones (excluding diaryl/α,β-unsaturated/α-hetero) is 1. The molecule has 2 N–H and O–H groups in total. The van der Waals surface area contributed by atoms with Crippen molar-refractivity contribution in [1.29, 1.82) is 0 Å². The van der Waals surface area contributed by atoms with Gasteiger partial charge in [-0.15, -0.1) is 0 Å². The molecule has 1 fully saturated rings. The molecule has 8 nitrogen and oxygen atoms in total. The molecule has 1 saturated heterocycles. The molecule has 2 atom stereocenters. The summed E-state index contributed by atoms with van der Waals surface area (Å²) in [6, 6.07) is 2.24. The van der Waals surface area contributed by atoms with Crippen LogP contribution in [0.25, 0.3) is 0 Å². The quantitative estimate of drug-likeness (QED) is 0.613. The van der Waals surface area contributed by atoms with E-state index in [0.717, 1.165) is 0 Å². The van der Waals surface area contributed by atoms with Crippen LogP contribution < -0.4 is 5.32 Å². The van der Waals surface area contributed by atoms with Crippen LogP contribution in [-0.2, 0) is 25.7 Å². The minimum Gasteiger partial charge on any atom is -0.481 e. The number of carbonyl (C=O) groups is 4. The van der Waals surface area contributed by atoms with Gasteiger partial charge in [0.25, 0.3) is 0 Å². The van der Waals surface area contributed by atoms with Gasteiger partial charge < -0.3 is 15.2 Å². The number of hydrogen-bond donors (Lipinski definition) is 2. The molecule has 30 heavy (non-hydrogen) atoms. The third-order valence-electron chi connectivity index (χ3n) is 4.62. The number of carboxylic acid groups (broad SMARTS) is 1. The Balaban J connectivity index is 2.04. The maximum Gasteiger partial charge on any atom is 0.410 e. The van der Waals surface area contributed by atoms with Gasteiger partial charge in [0.2, 0.25) is 5.91 Å². The van der Waals surface area contributed by atoms with Crippen LogP contribution in [0.2, 0.25) is 10.0 Å². The van der Waals surface area contributed by atoms with E-state index in [1.807, 2.05) is 0 Å². The number of rotatable bonds is 8. The first kappa shape index (κ1) is 23.9. The molecule has 2 rings (SSSR count). The van der Waals surface area contributed by atoms with E-state index in [1.165, 1.54) is 11.0 Å². The van der Waals surface area contributed by atoms with Gasteiger partial charge in [0.05, 0.1) is 6.42 Å². The van der Waals surface area contributed by atoms with Crippen LogP contribution >= 0.6 is 23.2 Å². The first-order valence-corrected chi connectivity index (χ1v) is 9.96. The highest BCUT2D eigenvalue weighted by Gasteiger charge is 2.35. The molecule has 1 aromatic carbocycles. The average Bonchev–Trinajstić information content (AvgIpc) is 2.71. The number of carbonyl (C=O) groups excluding carboxylic acids is 3. The molecule has 0 bridgehead atoms. The van der Waals surface area contributed by atoms with Crippen LogP contribution in [0.1, 0.15) is 31.2 Å². The lowest BCUT2D eigenvalue weighted by atomic mass is 10.0.